The van der Waals surface area contributed by atoms with E-state index in [4.69, 9.17) is 0 Å². The fourth-order valence-electron chi connectivity index (χ4n) is 3.63. The van der Waals surface area contributed by atoms with Gasteiger partial charge in [0.05, 0.1) is 11.0 Å². The molecule has 0 N–H and O–H groups in total. The lowest BCUT2D eigenvalue weighted by molar-refractivity contribution is -0.384. The minimum absolute atomic E-state index is 0.181. The van der Waals surface area contributed by atoms with E-state index in [1.807, 2.05) is 9.80 Å². The maximum Gasteiger partial charge on any atom is 0.295 e. The molecule has 7 heteroatoms. The van der Waals surface area contributed by atoms with Crippen molar-refractivity contribution < 1.29 is 14.1 Å². The molecule has 0 atom stereocenters. The monoisotopic (exact) mass is 335 g/mol. The van der Waals surface area contributed by atoms with Gasteiger partial charge in [0.2, 0.25) is 5.91 Å². The van der Waals surface area contributed by atoms with E-state index < -0.39 is 10.7 Å². The van der Waals surface area contributed by atoms with E-state index in [1.54, 1.807) is 0 Å². The van der Waals surface area contributed by atoms with Crippen LogP contribution >= 0.6 is 0 Å². The summed E-state index contributed by atoms with van der Waals surface area (Å²) < 4.78 is 13.3. The lowest BCUT2D eigenvalue weighted by Gasteiger charge is -2.36. The van der Waals surface area contributed by atoms with Crippen molar-refractivity contribution in [2.24, 2.45) is 5.92 Å². The van der Waals surface area contributed by atoms with Crippen LogP contribution < -0.4 is 4.90 Å². The fraction of sp³-hybridized carbons (Fsp3) is 0.588. The number of likely N-dealkylation sites (tertiary alicyclic amines) is 1. The number of nitrogens with zero attached hydrogens (tertiary/aromatic N) is 3. The first-order valence-electron chi connectivity index (χ1n) is 8.51. The highest BCUT2D eigenvalue weighted by molar-refractivity contribution is 5.76. The summed E-state index contributed by atoms with van der Waals surface area (Å²) >= 11 is 0. The van der Waals surface area contributed by atoms with Crippen molar-refractivity contribution in [1.82, 2.24) is 4.90 Å². The molecule has 1 aromatic carbocycles. The number of nitro groups is 1. The summed E-state index contributed by atoms with van der Waals surface area (Å²) in [5.74, 6) is 0.0876. The molecule has 0 aromatic heterocycles. The van der Waals surface area contributed by atoms with Crippen LogP contribution in [-0.4, -0.2) is 41.9 Å². The number of nitro benzene ring substituents is 1. The molecular formula is C17H22FN3O3. The van der Waals surface area contributed by atoms with Crippen LogP contribution in [0.5, 0.6) is 0 Å². The van der Waals surface area contributed by atoms with Gasteiger partial charge in [-0.1, -0.05) is 0 Å². The summed E-state index contributed by atoms with van der Waals surface area (Å²) in [6.45, 7) is 3.03. The molecule has 2 aliphatic heterocycles. The molecule has 0 radical (unpaired) electrons. The summed E-state index contributed by atoms with van der Waals surface area (Å²) in [6, 6.07) is 3.73. The van der Waals surface area contributed by atoms with Crippen molar-refractivity contribution in [1.29, 1.82) is 0 Å². The number of anilines is 1. The number of hydrogen-bond acceptors (Lipinski definition) is 4. The zero-order valence-electron chi connectivity index (χ0n) is 13.6. The fourth-order valence-corrected chi connectivity index (χ4v) is 3.63. The van der Waals surface area contributed by atoms with Crippen molar-refractivity contribution >= 4 is 17.3 Å². The molecular weight excluding hydrogens is 313 g/mol. The highest BCUT2D eigenvalue weighted by Gasteiger charge is 2.28. The molecule has 0 bridgehead atoms. The Balaban J connectivity index is 1.61. The number of amides is 1. The van der Waals surface area contributed by atoms with Gasteiger partial charge in [-0.3, -0.25) is 14.9 Å². The van der Waals surface area contributed by atoms with Gasteiger partial charge in [0.25, 0.3) is 5.69 Å². The summed E-state index contributed by atoms with van der Waals surface area (Å²) in [5, 5.41) is 11.1. The Hall–Kier alpha value is -2.18. The van der Waals surface area contributed by atoms with Crippen LogP contribution in [0.15, 0.2) is 18.2 Å². The quantitative estimate of drug-likeness (QED) is 0.627. The van der Waals surface area contributed by atoms with Crippen molar-refractivity contribution in [2.45, 2.75) is 32.1 Å². The lowest BCUT2D eigenvalue weighted by Crippen LogP contribution is -2.42. The van der Waals surface area contributed by atoms with Crippen LogP contribution in [0.1, 0.15) is 32.1 Å². The predicted molar refractivity (Wildman–Crippen MR) is 88.4 cm³/mol. The molecule has 2 aliphatic rings. The van der Waals surface area contributed by atoms with Crippen molar-refractivity contribution in [3.05, 3.63) is 34.1 Å². The average molecular weight is 335 g/mol. The SMILES string of the molecule is O=C1CCCCN1CC1CCN(c2ccc(F)cc2[N+](=O)[O-])CC1. The minimum Gasteiger partial charge on any atom is -0.366 e. The highest BCUT2D eigenvalue weighted by Crippen LogP contribution is 2.32. The van der Waals surface area contributed by atoms with E-state index in [-0.39, 0.29) is 11.6 Å². The molecule has 1 aromatic rings. The van der Waals surface area contributed by atoms with Crippen LogP contribution in [0.2, 0.25) is 0 Å². The molecule has 2 fully saturated rings. The van der Waals surface area contributed by atoms with Crippen molar-refractivity contribution in [3.63, 3.8) is 0 Å². The van der Waals surface area contributed by atoms with Gasteiger partial charge >= 0.3 is 0 Å². The van der Waals surface area contributed by atoms with Gasteiger partial charge in [0.15, 0.2) is 0 Å². The van der Waals surface area contributed by atoms with Crippen LogP contribution in [0, 0.1) is 21.8 Å². The van der Waals surface area contributed by atoms with Gasteiger partial charge < -0.3 is 9.80 Å². The molecule has 1 amide bonds. The topological polar surface area (TPSA) is 66.7 Å². The average Bonchev–Trinajstić information content (AvgIpc) is 2.58. The smallest absolute Gasteiger partial charge is 0.295 e. The Bertz CT molecular complexity index is 630. The zero-order chi connectivity index (χ0) is 17.1. The molecule has 130 valence electrons. The zero-order valence-corrected chi connectivity index (χ0v) is 13.6. The Labute approximate surface area is 140 Å². The number of rotatable bonds is 4. The largest absolute Gasteiger partial charge is 0.366 e. The van der Waals surface area contributed by atoms with Crippen LogP contribution in [0.25, 0.3) is 0 Å². The highest BCUT2D eigenvalue weighted by atomic mass is 19.1. The number of carbonyl (C=O) groups is 1. The molecule has 0 spiro atoms. The maximum absolute atomic E-state index is 13.3. The second-order valence-corrected chi connectivity index (χ2v) is 6.62. The van der Waals surface area contributed by atoms with E-state index in [2.05, 4.69) is 0 Å². The second kappa shape index (κ2) is 7.15. The first kappa shape index (κ1) is 16.7. The molecule has 2 saturated heterocycles. The number of halogens is 1. The molecule has 24 heavy (non-hydrogen) atoms. The van der Waals surface area contributed by atoms with E-state index in [0.29, 0.717) is 31.1 Å². The number of hydrogen-bond donors (Lipinski definition) is 0. The summed E-state index contributed by atoms with van der Waals surface area (Å²) in [7, 11) is 0. The molecule has 0 saturated carbocycles. The van der Waals surface area contributed by atoms with Gasteiger partial charge in [-0.15, -0.1) is 0 Å². The van der Waals surface area contributed by atoms with Gasteiger partial charge in [-0.25, -0.2) is 4.39 Å². The second-order valence-electron chi connectivity index (χ2n) is 6.62. The third-order valence-corrected chi connectivity index (χ3v) is 4.99. The van der Waals surface area contributed by atoms with Crippen LogP contribution in [-0.2, 0) is 4.79 Å². The number of carbonyl (C=O) groups excluding carboxylic acids is 1. The normalized spacial score (nSPS) is 19.6. The Morgan fingerprint density at radius 2 is 1.96 bits per heavy atom. The van der Waals surface area contributed by atoms with E-state index in [0.717, 1.165) is 44.8 Å². The first-order valence-corrected chi connectivity index (χ1v) is 8.51. The van der Waals surface area contributed by atoms with Crippen molar-refractivity contribution in [3.8, 4) is 0 Å². The van der Waals surface area contributed by atoms with Crippen molar-refractivity contribution in [2.75, 3.05) is 31.1 Å². The number of benzene rings is 1. The van der Waals surface area contributed by atoms with Gasteiger partial charge in [-0.05, 0) is 43.7 Å². The molecule has 2 heterocycles. The van der Waals surface area contributed by atoms with Gasteiger partial charge in [0, 0.05) is 32.6 Å². The van der Waals surface area contributed by atoms with E-state index >= 15 is 0 Å². The third-order valence-electron chi connectivity index (χ3n) is 4.99. The minimum atomic E-state index is -0.594. The first-order chi connectivity index (χ1) is 11.5. The summed E-state index contributed by atoms with van der Waals surface area (Å²) in [5.41, 5.74) is 0.300. The Kier molecular flexibility index (Phi) is 4.97. The lowest BCUT2D eigenvalue weighted by atomic mass is 9.94. The molecule has 0 unspecified atom stereocenters. The summed E-state index contributed by atoms with van der Waals surface area (Å²) in [6.07, 6.45) is 4.49. The molecule has 3 rings (SSSR count). The Morgan fingerprint density at radius 1 is 1.21 bits per heavy atom. The van der Waals surface area contributed by atoms with Crippen LogP contribution in [0.3, 0.4) is 0 Å². The van der Waals surface area contributed by atoms with E-state index in [9.17, 15) is 19.3 Å². The summed E-state index contributed by atoms with van der Waals surface area (Å²) in [4.78, 5) is 26.4. The third kappa shape index (κ3) is 3.66. The van der Waals surface area contributed by atoms with E-state index in [1.165, 1.54) is 12.1 Å². The van der Waals surface area contributed by atoms with Gasteiger partial charge in [-0.2, -0.15) is 0 Å². The van der Waals surface area contributed by atoms with Crippen LogP contribution in [0.4, 0.5) is 15.8 Å². The predicted octanol–water partition coefficient (Wildman–Crippen LogP) is 2.96. The standard InChI is InChI=1S/C17H22FN3O3/c18-14-4-5-15(16(11-14)21(23)24)19-9-6-13(7-10-19)12-20-8-2-1-3-17(20)22/h4-5,11,13H,1-3,6-10,12H2. The maximum atomic E-state index is 13.3. The Morgan fingerprint density at radius 3 is 2.62 bits per heavy atom. The number of piperidine rings is 2. The van der Waals surface area contributed by atoms with Gasteiger partial charge in [0.1, 0.15) is 11.5 Å². The molecule has 0 aliphatic carbocycles. The molecule has 6 nitrogen and oxygen atoms in total.